The Hall–Kier alpha value is -1.84. The van der Waals surface area contributed by atoms with Crippen LogP contribution in [0.3, 0.4) is 0 Å². The lowest BCUT2D eigenvalue weighted by atomic mass is 10.2. The zero-order valence-corrected chi connectivity index (χ0v) is 11.4. The van der Waals surface area contributed by atoms with Crippen molar-refractivity contribution in [1.29, 1.82) is 0 Å². The first kappa shape index (κ1) is 13.2. The zero-order valence-electron chi connectivity index (χ0n) is 10.7. The van der Waals surface area contributed by atoms with Gasteiger partial charge in [0, 0.05) is 17.5 Å². The maximum atomic E-state index is 14.1. The molecule has 3 aromatic rings. The number of halogens is 2. The van der Waals surface area contributed by atoms with Gasteiger partial charge in [-0.05, 0) is 11.6 Å². The molecule has 0 aliphatic carbocycles. The molecule has 0 saturated carbocycles. The lowest BCUT2D eigenvalue weighted by molar-refractivity contribution is 0.283. The molecule has 0 bridgehead atoms. The van der Waals surface area contributed by atoms with Crippen molar-refractivity contribution in [2.75, 3.05) is 0 Å². The van der Waals surface area contributed by atoms with Crippen molar-refractivity contribution >= 4 is 22.5 Å². The van der Waals surface area contributed by atoms with Crippen molar-refractivity contribution in [3.8, 4) is 0 Å². The standard InChI is InChI=1S/C16H13ClFNO/c17-16-13(10-20)12-7-4-8-14(18)15(12)19(16)9-11-5-2-1-3-6-11/h1-8,20H,9-10H2. The van der Waals surface area contributed by atoms with Crippen molar-refractivity contribution in [3.63, 3.8) is 0 Å². The van der Waals surface area contributed by atoms with Gasteiger partial charge in [-0.15, -0.1) is 0 Å². The second kappa shape index (κ2) is 5.27. The molecule has 0 saturated heterocycles. The van der Waals surface area contributed by atoms with Crippen molar-refractivity contribution in [1.82, 2.24) is 4.57 Å². The summed E-state index contributed by atoms with van der Waals surface area (Å²) in [7, 11) is 0. The molecule has 1 N–H and O–H groups in total. The molecular formula is C16H13ClFNO. The number of nitrogens with zero attached hydrogens (tertiary/aromatic N) is 1. The predicted octanol–water partition coefficient (Wildman–Crippen LogP) is 3.97. The number of hydrogen-bond donors (Lipinski definition) is 1. The Labute approximate surface area is 121 Å². The molecule has 102 valence electrons. The van der Waals surface area contributed by atoms with Gasteiger partial charge in [0.1, 0.15) is 11.0 Å². The number of benzene rings is 2. The molecule has 0 amide bonds. The number of aromatic nitrogens is 1. The Kier molecular flexibility index (Phi) is 3.47. The van der Waals surface area contributed by atoms with E-state index in [4.69, 9.17) is 11.6 Å². The van der Waals surface area contributed by atoms with E-state index in [9.17, 15) is 9.50 Å². The van der Waals surface area contributed by atoms with Crippen molar-refractivity contribution in [2.24, 2.45) is 0 Å². The SMILES string of the molecule is OCc1c(Cl)n(Cc2ccccc2)c2c(F)cccc12. The van der Waals surface area contributed by atoms with Crippen molar-refractivity contribution in [2.45, 2.75) is 13.2 Å². The first-order chi connectivity index (χ1) is 9.72. The third-order valence-corrected chi connectivity index (χ3v) is 3.84. The summed E-state index contributed by atoms with van der Waals surface area (Å²) in [5, 5.41) is 10.5. The zero-order chi connectivity index (χ0) is 14.1. The van der Waals surface area contributed by atoms with E-state index in [-0.39, 0.29) is 12.4 Å². The van der Waals surface area contributed by atoms with Crippen LogP contribution in [0.5, 0.6) is 0 Å². The first-order valence-electron chi connectivity index (χ1n) is 6.32. The van der Waals surface area contributed by atoms with Crippen LogP contribution in [0.1, 0.15) is 11.1 Å². The average Bonchev–Trinajstić information content (AvgIpc) is 2.73. The van der Waals surface area contributed by atoms with Crippen LogP contribution in [0.2, 0.25) is 5.15 Å². The highest BCUT2D eigenvalue weighted by Gasteiger charge is 2.17. The van der Waals surface area contributed by atoms with Crippen LogP contribution in [-0.2, 0) is 13.2 Å². The van der Waals surface area contributed by atoms with Gasteiger partial charge in [-0.25, -0.2) is 4.39 Å². The molecule has 2 aromatic carbocycles. The van der Waals surface area contributed by atoms with E-state index < -0.39 is 0 Å². The van der Waals surface area contributed by atoms with E-state index in [0.29, 0.717) is 28.2 Å². The maximum absolute atomic E-state index is 14.1. The largest absolute Gasteiger partial charge is 0.392 e. The lowest BCUT2D eigenvalue weighted by Crippen LogP contribution is -2.01. The second-order valence-corrected chi connectivity index (χ2v) is 4.99. The summed E-state index contributed by atoms with van der Waals surface area (Å²) in [5.74, 6) is -0.333. The van der Waals surface area contributed by atoms with Gasteiger partial charge in [-0.1, -0.05) is 54.1 Å². The van der Waals surface area contributed by atoms with Gasteiger partial charge in [0.05, 0.1) is 12.1 Å². The highest BCUT2D eigenvalue weighted by molar-refractivity contribution is 6.32. The number of para-hydroxylation sites is 1. The van der Waals surface area contributed by atoms with Gasteiger partial charge in [0.25, 0.3) is 0 Å². The number of fused-ring (bicyclic) bond motifs is 1. The molecule has 4 heteroatoms. The summed E-state index contributed by atoms with van der Waals surface area (Å²) in [5.41, 5.74) is 2.03. The Bertz CT molecular complexity index is 752. The van der Waals surface area contributed by atoms with Crippen molar-refractivity contribution in [3.05, 3.63) is 70.6 Å². The van der Waals surface area contributed by atoms with E-state index in [1.807, 2.05) is 30.3 Å². The van der Waals surface area contributed by atoms with Crippen LogP contribution in [-0.4, -0.2) is 9.67 Å². The topological polar surface area (TPSA) is 25.2 Å². The Morgan fingerprint density at radius 1 is 1.05 bits per heavy atom. The minimum atomic E-state index is -0.333. The van der Waals surface area contributed by atoms with Gasteiger partial charge >= 0.3 is 0 Å². The third-order valence-electron chi connectivity index (χ3n) is 3.41. The van der Waals surface area contributed by atoms with Crippen LogP contribution in [0.25, 0.3) is 10.9 Å². The van der Waals surface area contributed by atoms with Crippen LogP contribution in [0, 0.1) is 5.82 Å². The fourth-order valence-corrected chi connectivity index (χ4v) is 2.78. The molecule has 2 nitrogen and oxygen atoms in total. The minimum Gasteiger partial charge on any atom is -0.392 e. The molecule has 0 fully saturated rings. The average molecular weight is 290 g/mol. The van der Waals surface area contributed by atoms with Crippen LogP contribution < -0.4 is 0 Å². The number of rotatable bonds is 3. The van der Waals surface area contributed by atoms with Crippen molar-refractivity contribution < 1.29 is 9.50 Å². The normalized spacial score (nSPS) is 11.2. The summed E-state index contributed by atoms with van der Waals surface area (Å²) in [6.07, 6.45) is 0. The van der Waals surface area contributed by atoms with Crippen LogP contribution >= 0.6 is 11.6 Å². The van der Waals surface area contributed by atoms with Gasteiger partial charge in [0.15, 0.2) is 0 Å². The molecule has 1 heterocycles. The Balaban J connectivity index is 2.22. The molecule has 0 spiro atoms. The first-order valence-corrected chi connectivity index (χ1v) is 6.70. The summed E-state index contributed by atoms with van der Waals surface area (Å²) < 4.78 is 15.8. The second-order valence-electron chi connectivity index (χ2n) is 4.64. The number of hydrogen-bond acceptors (Lipinski definition) is 1. The molecule has 0 unspecified atom stereocenters. The van der Waals surface area contributed by atoms with E-state index >= 15 is 0 Å². The number of aliphatic hydroxyl groups excluding tert-OH is 1. The highest BCUT2D eigenvalue weighted by atomic mass is 35.5. The van der Waals surface area contributed by atoms with E-state index in [1.54, 1.807) is 16.7 Å². The quantitative estimate of drug-likeness (QED) is 0.775. The molecule has 0 aliphatic rings. The highest BCUT2D eigenvalue weighted by Crippen LogP contribution is 2.32. The third kappa shape index (κ3) is 2.09. The molecule has 0 atom stereocenters. The molecular weight excluding hydrogens is 277 g/mol. The molecule has 0 aliphatic heterocycles. The predicted molar refractivity (Wildman–Crippen MR) is 78.4 cm³/mol. The smallest absolute Gasteiger partial charge is 0.147 e. The Morgan fingerprint density at radius 2 is 1.80 bits per heavy atom. The van der Waals surface area contributed by atoms with Gasteiger partial charge in [-0.2, -0.15) is 0 Å². The fourth-order valence-electron chi connectivity index (χ4n) is 2.47. The fraction of sp³-hybridized carbons (Fsp3) is 0.125. The minimum absolute atomic E-state index is 0.208. The Morgan fingerprint density at radius 3 is 2.50 bits per heavy atom. The molecule has 20 heavy (non-hydrogen) atoms. The van der Waals surface area contributed by atoms with Gasteiger partial charge in [0.2, 0.25) is 0 Å². The van der Waals surface area contributed by atoms with Crippen LogP contribution in [0.4, 0.5) is 4.39 Å². The summed E-state index contributed by atoms with van der Waals surface area (Å²) >= 11 is 6.31. The maximum Gasteiger partial charge on any atom is 0.147 e. The molecule has 1 aromatic heterocycles. The molecule has 3 rings (SSSR count). The molecule has 0 radical (unpaired) electrons. The van der Waals surface area contributed by atoms with E-state index in [1.165, 1.54) is 6.07 Å². The monoisotopic (exact) mass is 289 g/mol. The summed E-state index contributed by atoms with van der Waals surface area (Å²) in [4.78, 5) is 0. The van der Waals surface area contributed by atoms with E-state index in [0.717, 1.165) is 5.56 Å². The number of aliphatic hydroxyl groups is 1. The summed E-state index contributed by atoms with van der Waals surface area (Å²) in [6.45, 7) is 0.262. The van der Waals surface area contributed by atoms with E-state index in [2.05, 4.69) is 0 Å². The van der Waals surface area contributed by atoms with Gasteiger partial charge < -0.3 is 9.67 Å². The van der Waals surface area contributed by atoms with Gasteiger partial charge in [-0.3, -0.25) is 0 Å². The summed E-state index contributed by atoms with van der Waals surface area (Å²) in [6, 6.07) is 14.5. The lowest BCUT2D eigenvalue weighted by Gasteiger charge is -2.08. The van der Waals surface area contributed by atoms with Crippen LogP contribution in [0.15, 0.2) is 48.5 Å².